The van der Waals surface area contributed by atoms with Gasteiger partial charge in [0.2, 0.25) is 5.91 Å². The van der Waals surface area contributed by atoms with E-state index < -0.39 is 12.0 Å². The van der Waals surface area contributed by atoms with Crippen molar-refractivity contribution in [3.63, 3.8) is 0 Å². The summed E-state index contributed by atoms with van der Waals surface area (Å²) in [7, 11) is 0. The molecule has 1 saturated carbocycles. The maximum atomic E-state index is 12.5. The first-order valence-electron chi connectivity index (χ1n) is 13.6. The normalized spacial score (nSPS) is 17.1. The van der Waals surface area contributed by atoms with Gasteiger partial charge in [0.05, 0.1) is 0 Å². The molecule has 0 saturated heterocycles. The van der Waals surface area contributed by atoms with Crippen molar-refractivity contribution in [3.8, 4) is 5.75 Å². The molecule has 0 radical (unpaired) electrons. The molecule has 1 aliphatic carbocycles. The van der Waals surface area contributed by atoms with E-state index in [-0.39, 0.29) is 24.0 Å². The predicted molar refractivity (Wildman–Crippen MR) is 156 cm³/mol. The molecule has 0 spiro atoms. The number of rotatable bonds is 10. The van der Waals surface area contributed by atoms with Crippen molar-refractivity contribution in [2.75, 3.05) is 12.3 Å². The number of aliphatic carboxylic acids is 1. The number of hydrogen-bond donors (Lipinski definition) is 4. The Morgan fingerprint density at radius 1 is 0.900 bits per heavy atom. The van der Waals surface area contributed by atoms with E-state index in [1.807, 2.05) is 54.6 Å². The van der Waals surface area contributed by atoms with Gasteiger partial charge in [-0.05, 0) is 92.6 Å². The summed E-state index contributed by atoms with van der Waals surface area (Å²) in [6.07, 6.45) is 3.63. The highest BCUT2D eigenvalue weighted by molar-refractivity contribution is 5.94. The van der Waals surface area contributed by atoms with Crippen LogP contribution in [0.4, 0.5) is 5.69 Å². The van der Waals surface area contributed by atoms with E-state index >= 15 is 0 Å². The van der Waals surface area contributed by atoms with Crippen molar-refractivity contribution < 1.29 is 24.2 Å². The van der Waals surface area contributed by atoms with Crippen LogP contribution in [0.15, 0.2) is 78.9 Å². The van der Waals surface area contributed by atoms with Crippen molar-refractivity contribution in [2.45, 2.75) is 51.7 Å². The van der Waals surface area contributed by atoms with E-state index in [0.717, 1.165) is 42.6 Å². The van der Waals surface area contributed by atoms with Crippen LogP contribution < -0.4 is 21.5 Å². The molecule has 1 fully saturated rings. The average molecular weight is 546 g/mol. The number of carboxylic acids is 1. The zero-order chi connectivity index (χ0) is 28.9. The standard InChI is InChI=1S/C24H30N2O4.C8H9NO/c25-15-18-6-10-20(11-7-18)23(27)26-22(24(28)29)14-17-8-12-21(13-9-17)30-16-19-4-2-1-3-5-19;1-6(10)7-2-4-8(9)5-3-7/h1-5,8-9,12-13,18,20,22H,6-7,10-11,14-16,25H2,(H,26,27)(H,28,29);2-5H,9H2,1H3/t18-,20-,22-;/m0./s1. The summed E-state index contributed by atoms with van der Waals surface area (Å²) in [5.41, 5.74) is 14.4. The number of carboxylic acid groups (broad SMARTS) is 1. The van der Waals surface area contributed by atoms with E-state index in [9.17, 15) is 19.5 Å². The molecule has 3 aromatic rings. The molecule has 4 rings (SSSR count). The highest BCUT2D eigenvalue weighted by Crippen LogP contribution is 2.28. The minimum atomic E-state index is -1.02. The van der Waals surface area contributed by atoms with Crippen LogP contribution in [0.1, 0.15) is 54.1 Å². The monoisotopic (exact) mass is 545 g/mol. The van der Waals surface area contributed by atoms with Crippen molar-refractivity contribution in [2.24, 2.45) is 17.6 Å². The molecule has 0 unspecified atom stereocenters. The van der Waals surface area contributed by atoms with Gasteiger partial charge in [0, 0.05) is 23.6 Å². The van der Waals surface area contributed by atoms with E-state index in [0.29, 0.717) is 30.3 Å². The number of amides is 1. The topological polar surface area (TPSA) is 145 Å². The van der Waals surface area contributed by atoms with Crippen LogP contribution in [-0.2, 0) is 22.6 Å². The van der Waals surface area contributed by atoms with E-state index in [2.05, 4.69) is 5.32 Å². The van der Waals surface area contributed by atoms with Gasteiger partial charge in [-0.25, -0.2) is 4.79 Å². The number of ketones is 1. The Bertz CT molecular complexity index is 1220. The van der Waals surface area contributed by atoms with Gasteiger partial charge in [0.15, 0.2) is 5.78 Å². The number of anilines is 1. The summed E-state index contributed by atoms with van der Waals surface area (Å²) in [5, 5.41) is 12.3. The number of benzene rings is 3. The molecular weight excluding hydrogens is 506 g/mol. The molecule has 1 aliphatic rings. The van der Waals surface area contributed by atoms with Crippen molar-refractivity contribution in [3.05, 3.63) is 95.6 Å². The number of nitrogens with two attached hydrogens (primary N) is 2. The Labute approximate surface area is 235 Å². The molecule has 1 atom stereocenters. The second kappa shape index (κ2) is 15.4. The Morgan fingerprint density at radius 2 is 1.52 bits per heavy atom. The van der Waals surface area contributed by atoms with Crippen LogP contribution in [-0.4, -0.2) is 35.4 Å². The first kappa shape index (κ1) is 30.4. The molecule has 6 N–H and O–H groups in total. The van der Waals surface area contributed by atoms with Gasteiger partial charge >= 0.3 is 5.97 Å². The third-order valence-electron chi connectivity index (χ3n) is 7.09. The minimum Gasteiger partial charge on any atom is -0.489 e. The second-order valence-electron chi connectivity index (χ2n) is 10.2. The Kier molecular flexibility index (Phi) is 11.7. The van der Waals surface area contributed by atoms with Crippen molar-refractivity contribution >= 4 is 23.3 Å². The SMILES string of the molecule is CC(=O)c1ccc(N)cc1.NC[C@H]1CC[C@H](C(=O)N[C@@H](Cc2ccc(OCc3ccccc3)cc2)C(=O)O)CC1. The van der Waals surface area contributed by atoms with E-state index in [1.165, 1.54) is 6.92 Å². The van der Waals surface area contributed by atoms with Crippen molar-refractivity contribution in [1.82, 2.24) is 5.32 Å². The fraction of sp³-hybridized carbons (Fsp3) is 0.344. The third kappa shape index (κ3) is 9.85. The highest BCUT2D eigenvalue weighted by Gasteiger charge is 2.29. The van der Waals surface area contributed by atoms with E-state index in [4.69, 9.17) is 16.2 Å². The largest absolute Gasteiger partial charge is 0.489 e. The second-order valence-corrected chi connectivity index (χ2v) is 10.2. The number of hydrogen-bond acceptors (Lipinski definition) is 6. The number of ether oxygens (including phenoxy) is 1. The Balaban J connectivity index is 0.000000371. The van der Waals surface area contributed by atoms with E-state index in [1.54, 1.807) is 24.3 Å². The molecule has 0 bridgehead atoms. The summed E-state index contributed by atoms with van der Waals surface area (Å²) in [6, 6.07) is 23.2. The molecule has 0 aromatic heterocycles. The predicted octanol–water partition coefficient (Wildman–Crippen LogP) is 4.61. The molecular formula is C32H39N3O5. The van der Waals surface area contributed by atoms with Crippen LogP contribution in [0.5, 0.6) is 5.75 Å². The summed E-state index contributed by atoms with van der Waals surface area (Å²) >= 11 is 0. The number of carbonyl (C=O) groups is 3. The molecule has 40 heavy (non-hydrogen) atoms. The summed E-state index contributed by atoms with van der Waals surface area (Å²) in [6.45, 7) is 2.66. The molecule has 8 nitrogen and oxygen atoms in total. The Morgan fingerprint density at radius 3 is 2.08 bits per heavy atom. The molecule has 212 valence electrons. The van der Waals surface area contributed by atoms with Crippen LogP contribution in [0.2, 0.25) is 0 Å². The molecule has 1 amide bonds. The third-order valence-corrected chi connectivity index (χ3v) is 7.09. The zero-order valence-electron chi connectivity index (χ0n) is 22.9. The molecule has 0 aliphatic heterocycles. The average Bonchev–Trinajstić information content (AvgIpc) is 2.97. The Hall–Kier alpha value is -4.17. The summed E-state index contributed by atoms with van der Waals surface area (Å²) in [4.78, 5) is 35.0. The van der Waals surface area contributed by atoms with Crippen LogP contribution in [0.3, 0.4) is 0 Å². The summed E-state index contributed by atoms with van der Waals surface area (Å²) < 4.78 is 5.77. The minimum absolute atomic E-state index is 0.0694. The highest BCUT2D eigenvalue weighted by atomic mass is 16.5. The number of nitrogen functional groups attached to an aromatic ring is 1. The van der Waals surface area contributed by atoms with Gasteiger partial charge in [-0.3, -0.25) is 9.59 Å². The molecule has 3 aromatic carbocycles. The molecule has 8 heteroatoms. The van der Waals surface area contributed by atoms with Gasteiger partial charge in [0.25, 0.3) is 0 Å². The van der Waals surface area contributed by atoms with Gasteiger partial charge in [0.1, 0.15) is 18.4 Å². The zero-order valence-corrected chi connectivity index (χ0v) is 22.9. The van der Waals surface area contributed by atoms with Gasteiger partial charge < -0.3 is 26.6 Å². The lowest BCUT2D eigenvalue weighted by molar-refractivity contribution is -0.142. The maximum absolute atomic E-state index is 12.5. The van der Waals surface area contributed by atoms with Gasteiger partial charge in [-0.1, -0.05) is 42.5 Å². The lowest BCUT2D eigenvalue weighted by atomic mass is 9.81. The van der Waals surface area contributed by atoms with Gasteiger partial charge in [-0.15, -0.1) is 0 Å². The molecule has 0 heterocycles. The lowest BCUT2D eigenvalue weighted by Gasteiger charge is -2.27. The van der Waals surface area contributed by atoms with Gasteiger partial charge in [-0.2, -0.15) is 0 Å². The number of nitrogens with one attached hydrogen (secondary N) is 1. The number of Topliss-reactive ketones (excluding diaryl/α,β-unsaturated/α-hetero) is 1. The fourth-order valence-corrected chi connectivity index (χ4v) is 4.57. The fourth-order valence-electron chi connectivity index (χ4n) is 4.57. The summed E-state index contributed by atoms with van der Waals surface area (Å²) in [5.74, 6) is -0.0466. The quantitative estimate of drug-likeness (QED) is 0.215. The maximum Gasteiger partial charge on any atom is 0.326 e. The number of carbonyl (C=O) groups excluding carboxylic acids is 2. The first-order valence-corrected chi connectivity index (χ1v) is 13.6. The first-order chi connectivity index (χ1) is 19.2. The van der Waals surface area contributed by atoms with Crippen LogP contribution in [0, 0.1) is 11.8 Å². The van der Waals surface area contributed by atoms with Crippen LogP contribution in [0.25, 0.3) is 0 Å². The lowest BCUT2D eigenvalue weighted by Crippen LogP contribution is -2.45. The smallest absolute Gasteiger partial charge is 0.326 e. The van der Waals surface area contributed by atoms with Crippen LogP contribution >= 0.6 is 0 Å². The van der Waals surface area contributed by atoms with Crippen molar-refractivity contribution in [1.29, 1.82) is 0 Å².